The predicted octanol–water partition coefficient (Wildman–Crippen LogP) is 3.20. The minimum absolute atomic E-state index is 0.0143. The Labute approximate surface area is 92.1 Å². The Morgan fingerprint density at radius 3 is 3.07 bits per heavy atom. The van der Waals surface area contributed by atoms with E-state index in [1.165, 1.54) is 0 Å². The molecule has 1 unspecified atom stereocenters. The molecule has 0 bridgehead atoms. The number of H-pyrrole nitrogens is 1. The molecule has 0 aliphatic heterocycles. The van der Waals surface area contributed by atoms with Crippen molar-refractivity contribution < 1.29 is 4.42 Å². The summed E-state index contributed by atoms with van der Waals surface area (Å²) in [6.07, 6.45) is 1.95. The first-order valence-corrected chi connectivity index (χ1v) is 5.41. The normalized spacial score (nSPS) is 13.2. The van der Waals surface area contributed by atoms with Gasteiger partial charge in [0, 0.05) is 0 Å². The molecule has 15 heavy (non-hydrogen) atoms. The molecule has 1 atom stereocenters. The van der Waals surface area contributed by atoms with Crippen molar-refractivity contribution in [1.29, 1.82) is 0 Å². The molecule has 4 heteroatoms. The second kappa shape index (κ2) is 4.11. The van der Waals surface area contributed by atoms with Crippen LogP contribution in [0.15, 0.2) is 27.4 Å². The molecule has 1 heterocycles. The Morgan fingerprint density at radius 2 is 2.33 bits per heavy atom. The van der Waals surface area contributed by atoms with Crippen LogP contribution in [0.5, 0.6) is 0 Å². The van der Waals surface area contributed by atoms with Crippen molar-refractivity contribution in [3.05, 3.63) is 34.3 Å². The van der Waals surface area contributed by atoms with Crippen LogP contribution in [0, 0.1) is 0 Å². The van der Waals surface area contributed by atoms with Crippen molar-refractivity contribution in [2.75, 3.05) is 0 Å². The van der Waals surface area contributed by atoms with Gasteiger partial charge in [0.25, 0.3) is 0 Å². The second-order valence-electron chi connectivity index (χ2n) is 3.53. The summed E-state index contributed by atoms with van der Waals surface area (Å²) in [6.45, 7) is 2.09. The van der Waals surface area contributed by atoms with E-state index < -0.39 is 5.76 Å². The molecule has 3 nitrogen and oxygen atoms in total. The number of fused-ring (bicyclic) bond motifs is 1. The molecule has 0 saturated carbocycles. The van der Waals surface area contributed by atoms with Crippen molar-refractivity contribution in [2.24, 2.45) is 0 Å². The topological polar surface area (TPSA) is 46.0 Å². The largest absolute Gasteiger partial charge is 0.417 e. The Kier molecular flexibility index (Phi) is 2.82. The number of hydrogen-bond donors (Lipinski definition) is 1. The summed E-state index contributed by atoms with van der Waals surface area (Å²) in [5.41, 5.74) is 2.28. The van der Waals surface area contributed by atoms with E-state index in [0.717, 1.165) is 18.4 Å². The monoisotopic (exact) mass is 225 g/mol. The van der Waals surface area contributed by atoms with E-state index in [1.807, 2.05) is 18.2 Å². The first-order valence-electron chi connectivity index (χ1n) is 4.97. The van der Waals surface area contributed by atoms with Crippen molar-refractivity contribution in [3.8, 4) is 0 Å². The number of hydrogen-bond acceptors (Lipinski definition) is 2. The third kappa shape index (κ3) is 2.07. The van der Waals surface area contributed by atoms with Crippen molar-refractivity contribution in [1.82, 2.24) is 4.98 Å². The Morgan fingerprint density at radius 1 is 1.53 bits per heavy atom. The SMILES string of the molecule is CCCC(Cl)c1ccc2[nH]c(=O)oc2c1. The highest BCUT2D eigenvalue weighted by molar-refractivity contribution is 6.20. The quantitative estimate of drug-likeness (QED) is 0.816. The van der Waals surface area contributed by atoms with Gasteiger partial charge in [-0.3, -0.25) is 4.98 Å². The highest BCUT2D eigenvalue weighted by atomic mass is 35.5. The maximum atomic E-state index is 10.9. The molecule has 1 N–H and O–H groups in total. The Bertz CT molecular complexity index is 515. The molecule has 0 saturated heterocycles. The van der Waals surface area contributed by atoms with Crippen molar-refractivity contribution >= 4 is 22.7 Å². The second-order valence-corrected chi connectivity index (χ2v) is 4.05. The molecule has 2 rings (SSSR count). The maximum Gasteiger partial charge on any atom is 0.417 e. The first kappa shape index (κ1) is 10.3. The third-order valence-electron chi connectivity index (χ3n) is 2.35. The van der Waals surface area contributed by atoms with E-state index in [-0.39, 0.29) is 5.38 Å². The summed E-state index contributed by atoms with van der Waals surface area (Å²) in [5, 5.41) is -0.0143. The number of aromatic amines is 1. The number of rotatable bonds is 3. The van der Waals surface area contributed by atoms with Gasteiger partial charge in [-0.05, 0) is 24.1 Å². The fourth-order valence-electron chi connectivity index (χ4n) is 1.58. The molecule has 0 fully saturated rings. The lowest BCUT2D eigenvalue weighted by molar-refractivity contribution is 0.555. The summed E-state index contributed by atoms with van der Waals surface area (Å²) in [6, 6.07) is 5.56. The fraction of sp³-hybridized carbons (Fsp3) is 0.364. The van der Waals surface area contributed by atoms with Crippen molar-refractivity contribution in [2.45, 2.75) is 25.1 Å². The van der Waals surface area contributed by atoms with Crippen LogP contribution in [-0.4, -0.2) is 4.98 Å². The zero-order valence-corrected chi connectivity index (χ0v) is 9.17. The minimum atomic E-state index is -0.427. The number of nitrogens with one attached hydrogen (secondary N) is 1. The highest BCUT2D eigenvalue weighted by Crippen LogP contribution is 2.27. The van der Waals surface area contributed by atoms with Gasteiger partial charge in [0.15, 0.2) is 5.58 Å². The Hall–Kier alpha value is -1.22. The molecule has 0 radical (unpaired) electrons. The molecule has 1 aromatic carbocycles. The van der Waals surface area contributed by atoms with Crippen LogP contribution in [0.4, 0.5) is 0 Å². The molecule has 2 aromatic rings. The molecule has 0 spiro atoms. The van der Waals surface area contributed by atoms with E-state index in [1.54, 1.807) is 0 Å². The fourth-order valence-corrected chi connectivity index (χ4v) is 1.93. The summed E-state index contributed by atoms with van der Waals surface area (Å²) >= 11 is 6.18. The van der Waals surface area contributed by atoms with Gasteiger partial charge in [-0.1, -0.05) is 19.4 Å². The minimum Gasteiger partial charge on any atom is -0.408 e. The van der Waals surface area contributed by atoms with Crippen molar-refractivity contribution in [3.63, 3.8) is 0 Å². The average molecular weight is 226 g/mol. The molecular formula is C11H12ClNO2. The third-order valence-corrected chi connectivity index (χ3v) is 2.82. The predicted molar refractivity (Wildman–Crippen MR) is 60.3 cm³/mol. The van der Waals surface area contributed by atoms with Gasteiger partial charge in [-0.25, -0.2) is 4.79 Å². The number of benzene rings is 1. The van der Waals surface area contributed by atoms with Crippen LogP contribution < -0.4 is 5.76 Å². The van der Waals surface area contributed by atoms with Gasteiger partial charge < -0.3 is 4.42 Å². The van der Waals surface area contributed by atoms with Gasteiger partial charge >= 0.3 is 5.76 Å². The summed E-state index contributed by atoms with van der Waals surface area (Å²) < 4.78 is 4.97. The van der Waals surface area contributed by atoms with Crippen LogP contribution >= 0.6 is 11.6 Å². The van der Waals surface area contributed by atoms with Gasteiger partial charge in [0.1, 0.15) is 0 Å². The summed E-state index contributed by atoms with van der Waals surface area (Å²) in [4.78, 5) is 13.5. The number of aromatic nitrogens is 1. The standard InChI is InChI=1S/C11H12ClNO2/c1-2-3-8(12)7-4-5-9-10(6-7)15-11(14)13-9/h4-6,8H,2-3H2,1H3,(H,13,14). The number of oxazole rings is 1. The van der Waals surface area contributed by atoms with Crippen LogP contribution in [0.1, 0.15) is 30.7 Å². The lowest BCUT2D eigenvalue weighted by Gasteiger charge is -2.07. The smallest absolute Gasteiger partial charge is 0.408 e. The van der Waals surface area contributed by atoms with E-state index in [0.29, 0.717) is 11.1 Å². The number of alkyl halides is 1. The average Bonchev–Trinajstić information content (AvgIpc) is 2.57. The van der Waals surface area contributed by atoms with E-state index in [2.05, 4.69) is 11.9 Å². The summed E-state index contributed by atoms with van der Waals surface area (Å²) in [7, 11) is 0. The van der Waals surface area contributed by atoms with Crippen LogP contribution in [0.25, 0.3) is 11.1 Å². The van der Waals surface area contributed by atoms with E-state index in [4.69, 9.17) is 16.0 Å². The number of halogens is 1. The maximum absolute atomic E-state index is 10.9. The van der Waals surface area contributed by atoms with Crippen LogP contribution in [0.2, 0.25) is 0 Å². The lowest BCUT2D eigenvalue weighted by Crippen LogP contribution is -1.92. The van der Waals surface area contributed by atoms with E-state index >= 15 is 0 Å². The zero-order chi connectivity index (χ0) is 10.8. The lowest BCUT2D eigenvalue weighted by atomic mass is 10.1. The molecule has 0 aliphatic rings. The van der Waals surface area contributed by atoms with Crippen LogP contribution in [0.3, 0.4) is 0 Å². The first-order chi connectivity index (χ1) is 7.20. The molecule has 80 valence electrons. The highest BCUT2D eigenvalue weighted by Gasteiger charge is 2.09. The Balaban J connectivity index is 2.41. The molecule has 0 amide bonds. The van der Waals surface area contributed by atoms with Gasteiger partial charge in [0.2, 0.25) is 0 Å². The molecule has 1 aromatic heterocycles. The van der Waals surface area contributed by atoms with E-state index in [9.17, 15) is 4.79 Å². The van der Waals surface area contributed by atoms with Gasteiger partial charge in [-0.2, -0.15) is 0 Å². The molecular weight excluding hydrogens is 214 g/mol. The zero-order valence-electron chi connectivity index (χ0n) is 8.42. The van der Waals surface area contributed by atoms with Gasteiger partial charge in [0.05, 0.1) is 10.9 Å². The van der Waals surface area contributed by atoms with Crippen LogP contribution in [-0.2, 0) is 0 Å². The summed E-state index contributed by atoms with van der Waals surface area (Å²) in [5.74, 6) is -0.427. The van der Waals surface area contributed by atoms with Gasteiger partial charge in [-0.15, -0.1) is 11.6 Å². The molecule has 0 aliphatic carbocycles.